The molecule has 20 heavy (non-hydrogen) atoms. The lowest BCUT2D eigenvalue weighted by Gasteiger charge is -2.27. The fourth-order valence-corrected chi connectivity index (χ4v) is 3.27. The number of hydrogen-bond acceptors (Lipinski definition) is 1. The van der Waals surface area contributed by atoms with Crippen LogP contribution in [-0.2, 0) is 4.79 Å². The molecule has 0 bridgehead atoms. The number of unbranched alkanes of at least 4 members (excludes halogenated alkanes) is 6. The third-order valence-corrected chi connectivity index (χ3v) is 4.58. The maximum atomic E-state index is 11.8. The molecule has 0 aliphatic rings. The van der Waals surface area contributed by atoms with Crippen LogP contribution in [0, 0.1) is 17.8 Å². The minimum absolute atomic E-state index is 0.0678. The van der Waals surface area contributed by atoms with E-state index < -0.39 is 0 Å². The third kappa shape index (κ3) is 8.60. The Hall–Kier alpha value is -0.530. The third-order valence-electron chi connectivity index (χ3n) is 4.58. The van der Waals surface area contributed by atoms with Crippen LogP contribution in [-0.4, -0.2) is 5.91 Å². The molecule has 120 valence electrons. The Balaban J connectivity index is 4.14. The summed E-state index contributed by atoms with van der Waals surface area (Å²) >= 11 is 0. The fraction of sp³-hybridized carbons (Fsp3) is 0.944. The SMILES string of the molecule is CCCCCCC(C)C(C(N)=O)C(C)CCCCCC. The summed E-state index contributed by atoms with van der Waals surface area (Å²) in [6, 6.07) is 0. The second-order valence-electron chi connectivity index (χ2n) is 6.58. The summed E-state index contributed by atoms with van der Waals surface area (Å²) in [5.41, 5.74) is 5.66. The molecule has 2 N–H and O–H groups in total. The van der Waals surface area contributed by atoms with E-state index in [1.165, 1.54) is 51.4 Å². The largest absolute Gasteiger partial charge is 0.369 e. The number of hydrogen-bond donors (Lipinski definition) is 1. The van der Waals surface area contributed by atoms with Gasteiger partial charge in [-0.2, -0.15) is 0 Å². The van der Waals surface area contributed by atoms with Crippen LogP contribution >= 0.6 is 0 Å². The molecule has 2 heteroatoms. The van der Waals surface area contributed by atoms with Gasteiger partial charge in [-0.1, -0.05) is 79.1 Å². The van der Waals surface area contributed by atoms with Crippen molar-refractivity contribution in [3.8, 4) is 0 Å². The second kappa shape index (κ2) is 12.2. The zero-order valence-electron chi connectivity index (χ0n) is 14.3. The van der Waals surface area contributed by atoms with Gasteiger partial charge in [-0.15, -0.1) is 0 Å². The number of primary amides is 1. The summed E-state index contributed by atoms with van der Waals surface area (Å²) in [6.07, 6.45) is 12.5. The van der Waals surface area contributed by atoms with Crippen molar-refractivity contribution in [2.75, 3.05) is 0 Å². The fourth-order valence-electron chi connectivity index (χ4n) is 3.27. The Morgan fingerprint density at radius 1 is 0.800 bits per heavy atom. The molecule has 0 aliphatic carbocycles. The average Bonchev–Trinajstić information content (AvgIpc) is 2.39. The van der Waals surface area contributed by atoms with Crippen molar-refractivity contribution in [2.45, 2.75) is 91.9 Å². The quantitative estimate of drug-likeness (QED) is 0.458. The van der Waals surface area contributed by atoms with Gasteiger partial charge < -0.3 is 5.73 Å². The Bertz CT molecular complexity index is 222. The Kier molecular flexibility index (Phi) is 11.9. The molecule has 0 radical (unpaired) electrons. The van der Waals surface area contributed by atoms with Gasteiger partial charge in [0.25, 0.3) is 0 Å². The van der Waals surface area contributed by atoms with Crippen molar-refractivity contribution in [3.63, 3.8) is 0 Å². The maximum Gasteiger partial charge on any atom is 0.221 e. The zero-order chi connectivity index (χ0) is 15.4. The monoisotopic (exact) mass is 283 g/mol. The molecule has 1 amide bonds. The lowest BCUT2D eigenvalue weighted by Crippen LogP contribution is -2.34. The molecule has 0 spiro atoms. The maximum absolute atomic E-state index is 11.8. The summed E-state index contributed by atoms with van der Waals surface area (Å²) in [5.74, 6) is 0.852. The minimum atomic E-state index is -0.0871. The highest BCUT2D eigenvalue weighted by Crippen LogP contribution is 2.29. The van der Waals surface area contributed by atoms with Crippen LogP contribution < -0.4 is 5.73 Å². The van der Waals surface area contributed by atoms with Crippen LogP contribution in [0.3, 0.4) is 0 Å². The molecule has 0 heterocycles. The summed E-state index contributed by atoms with van der Waals surface area (Å²) < 4.78 is 0. The van der Waals surface area contributed by atoms with Gasteiger partial charge in [0.1, 0.15) is 0 Å². The molecule has 0 saturated heterocycles. The molecule has 0 aliphatic heterocycles. The zero-order valence-corrected chi connectivity index (χ0v) is 14.3. The highest BCUT2D eigenvalue weighted by atomic mass is 16.1. The van der Waals surface area contributed by atoms with Gasteiger partial charge in [0.05, 0.1) is 0 Å². The Morgan fingerprint density at radius 3 is 1.50 bits per heavy atom. The van der Waals surface area contributed by atoms with Crippen LogP contribution in [0.5, 0.6) is 0 Å². The molecule has 2 atom stereocenters. The van der Waals surface area contributed by atoms with Crippen LogP contribution in [0.2, 0.25) is 0 Å². The summed E-state index contributed by atoms with van der Waals surface area (Å²) in [4.78, 5) is 11.8. The lowest BCUT2D eigenvalue weighted by atomic mass is 9.78. The van der Waals surface area contributed by atoms with Gasteiger partial charge in [-0.05, 0) is 24.7 Å². The number of amides is 1. The van der Waals surface area contributed by atoms with Crippen molar-refractivity contribution in [2.24, 2.45) is 23.5 Å². The van der Waals surface area contributed by atoms with Gasteiger partial charge >= 0.3 is 0 Å². The molecule has 2 nitrogen and oxygen atoms in total. The van der Waals surface area contributed by atoms with Crippen LogP contribution in [0.25, 0.3) is 0 Å². The number of carbonyl (C=O) groups excluding carboxylic acids is 1. The molecule has 2 unspecified atom stereocenters. The van der Waals surface area contributed by atoms with Gasteiger partial charge in [0.15, 0.2) is 0 Å². The molecule has 0 fully saturated rings. The van der Waals surface area contributed by atoms with Gasteiger partial charge in [0.2, 0.25) is 5.91 Å². The van der Waals surface area contributed by atoms with E-state index in [4.69, 9.17) is 5.73 Å². The molecular weight excluding hydrogens is 246 g/mol. The Labute approximate surface area is 126 Å². The van der Waals surface area contributed by atoms with Gasteiger partial charge in [0, 0.05) is 5.92 Å². The van der Waals surface area contributed by atoms with Gasteiger partial charge in [-0.25, -0.2) is 0 Å². The van der Waals surface area contributed by atoms with Crippen molar-refractivity contribution in [1.29, 1.82) is 0 Å². The Morgan fingerprint density at radius 2 is 1.20 bits per heavy atom. The average molecular weight is 284 g/mol. The molecular formula is C18H37NO. The number of rotatable bonds is 13. The molecule has 0 rings (SSSR count). The highest BCUT2D eigenvalue weighted by Gasteiger charge is 2.27. The van der Waals surface area contributed by atoms with E-state index in [0.717, 1.165) is 12.8 Å². The lowest BCUT2D eigenvalue weighted by molar-refractivity contribution is -0.125. The van der Waals surface area contributed by atoms with E-state index in [-0.39, 0.29) is 11.8 Å². The molecule has 0 aromatic carbocycles. The van der Waals surface area contributed by atoms with E-state index in [2.05, 4.69) is 27.7 Å². The van der Waals surface area contributed by atoms with E-state index in [1.54, 1.807) is 0 Å². The van der Waals surface area contributed by atoms with Crippen LogP contribution in [0.1, 0.15) is 91.9 Å². The summed E-state index contributed by atoms with van der Waals surface area (Å²) in [5, 5.41) is 0. The van der Waals surface area contributed by atoms with Crippen LogP contribution in [0.4, 0.5) is 0 Å². The second-order valence-corrected chi connectivity index (χ2v) is 6.58. The molecule has 0 saturated carbocycles. The number of carbonyl (C=O) groups is 1. The minimum Gasteiger partial charge on any atom is -0.369 e. The number of nitrogens with two attached hydrogens (primary N) is 1. The van der Waals surface area contributed by atoms with Crippen molar-refractivity contribution < 1.29 is 4.79 Å². The summed E-state index contributed by atoms with van der Waals surface area (Å²) in [6.45, 7) is 8.88. The summed E-state index contributed by atoms with van der Waals surface area (Å²) in [7, 11) is 0. The van der Waals surface area contributed by atoms with Crippen molar-refractivity contribution in [3.05, 3.63) is 0 Å². The molecule has 0 aromatic heterocycles. The van der Waals surface area contributed by atoms with E-state index in [0.29, 0.717) is 11.8 Å². The van der Waals surface area contributed by atoms with Crippen molar-refractivity contribution in [1.82, 2.24) is 0 Å². The molecule has 0 aromatic rings. The van der Waals surface area contributed by atoms with Crippen LogP contribution in [0.15, 0.2) is 0 Å². The normalized spacial score (nSPS) is 15.8. The first-order valence-corrected chi connectivity index (χ1v) is 8.83. The predicted molar refractivity (Wildman–Crippen MR) is 88.5 cm³/mol. The van der Waals surface area contributed by atoms with E-state index in [1.807, 2.05) is 0 Å². The first-order valence-electron chi connectivity index (χ1n) is 8.83. The van der Waals surface area contributed by atoms with E-state index >= 15 is 0 Å². The van der Waals surface area contributed by atoms with Gasteiger partial charge in [-0.3, -0.25) is 4.79 Å². The first kappa shape index (κ1) is 19.5. The van der Waals surface area contributed by atoms with E-state index in [9.17, 15) is 4.79 Å². The predicted octanol–water partition coefficient (Wildman–Crippen LogP) is 5.30. The topological polar surface area (TPSA) is 43.1 Å². The smallest absolute Gasteiger partial charge is 0.221 e. The standard InChI is InChI=1S/C18H37NO/c1-5-7-9-11-13-15(3)17(18(19)20)16(4)14-12-10-8-6-2/h15-17H,5-14H2,1-4H3,(H2,19,20). The highest BCUT2D eigenvalue weighted by molar-refractivity contribution is 5.77. The van der Waals surface area contributed by atoms with Crippen molar-refractivity contribution >= 4 is 5.91 Å². The first-order chi connectivity index (χ1) is 9.54.